The summed E-state index contributed by atoms with van der Waals surface area (Å²) in [7, 11) is 0. The van der Waals surface area contributed by atoms with Crippen LogP contribution in [0, 0.1) is 5.92 Å². The van der Waals surface area contributed by atoms with Gasteiger partial charge in [0.25, 0.3) is 0 Å². The molecule has 1 N–H and O–H groups in total. The second-order valence-electron chi connectivity index (χ2n) is 4.10. The highest BCUT2D eigenvalue weighted by atomic mass is 35.5. The Balaban J connectivity index is 2.42. The molecular formula is C13H18Cl3N. The van der Waals surface area contributed by atoms with E-state index in [-0.39, 0.29) is 0 Å². The van der Waals surface area contributed by atoms with E-state index in [0.717, 1.165) is 37.4 Å². The summed E-state index contributed by atoms with van der Waals surface area (Å²) in [4.78, 5) is 0. The van der Waals surface area contributed by atoms with Crippen LogP contribution in [-0.4, -0.2) is 12.4 Å². The fourth-order valence-corrected chi connectivity index (χ4v) is 2.40. The van der Waals surface area contributed by atoms with Crippen LogP contribution in [0.3, 0.4) is 0 Å². The van der Waals surface area contributed by atoms with E-state index < -0.39 is 0 Å². The topological polar surface area (TPSA) is 12.0 Å². The van der Waals surface area contributed by atoms with Gasteiger partial charge in [-0.1, -0.05) is 48.7 Å². The first-order chi connectivity index (χ1) is 8.19. The molecule has 0 radical (unpaired) electrons. The molecule has 0 fully saturated rings. The van der Waals surface area contributed by atoms with Gasteiger partial charge in [0, 0.05) is 12.4 Å². The van der Waals surface area contributed by atoms with Crippen molar-refractivity contribution in [2.24, 2.45) is 5.92 Å². The highest BCUT2D eigenvalue weighted by molar-refractivity contribution is 6.42. The Morgan fingerprint density at radius 3 is 2.71 bits per heavy atom. The van der Waals surface area contributed by atoms with E-state index in [1.807, 2.05) is 12.1 Å². The van der Waals surface area contributed by atoms with Gasteiger partial charge in [-0.05, 0) is 30.5 Å². The maximum Gasteiger partial charge on any atom is 0.0637 e. The molecule has 1 unspecified atom stereocenters. The third-order valence-corrected chi connectivity index (χ3v) is 3.95. The summed E-state index contributed by atoms with van der Waals surface area (Å²) in [6.45, 7) is 3.90. The minimum Gasteiger partial charge on any atom is -0.312 e. The average Bonchev–Trinajstić information content (AvgIpc) is 2.33. The zero-order chi connectivity index (χ0) is 12.7. The third kappa shape index (κ3) is 5.05. The molecule has 4 heteroatoms. The number of hydrogen-bond acceptors (Lipinski definition) is 1. The van der Waals surface area contributed by atoms with Gasteiger partial charge < -0.3 is 5.32 Å². The smallest absolute Gasteiger partial charge is 0.0637 e. The summed E-state index contributed by atoms with van der Waals surface area (Å²) in [6, 6.07) is 5.71. The summed E-state index contributed by atoms with van der Waals surface area (Å²) in [6.07, 6.45) is 2.19. The highest BCUT2D eigenvalue weighted by Crippen LogP contribution is 2.25. The number of nitrogens with one attached hydrogen (secondary N) is 1. The molecule has 0 saturated carbocycles. The lowest BCUT2D eigenvalue weighted by Gasteiger charge is -2.14. The summed E-state index contributed by atoms with van der Waals surface area (Å²) in [5, 5.41) is 4.66. The van der Waals surface area contributed by atoms with Crippen molar-refractivity contribution >= 4 is 34.8 Å². The van der Waals surface area contributed by atoms with E-state index in [9.17, 15) is 0 Å². The molecule has 1 aromatic carbocycles. The Bertz CT molecular complexity index is 341. The van der Waals surface area contributed by atoms with Crippen molar-refractivity contribution in [2.75, 3.05) is 12.4 Å². The van der Waals surface area contributed by atoms with Crippen LogP contribution in [0.2, 0.25) is 10.0 Å². The molecule has 0 aliphatic rings. The molecule has 0 heterocycles. The number of benzene rings is 1. The lowest BCUT2D eigenvalue weighted by atomic mass is 10.0. The van der Waals surface area contributed by atoms with Crippen molar-refractivity contribution in [1.29, 1.82) is 0 Å². The lowest BCUT2D eigenvalue weighted by Crippen LogP contribution is -2.22. The number of hydrogen-bond donors (Lipinski definition) is 1. The molecule has 17 heavy (non-hydrogen) atoms. The van der Waals surface area contributed by atoms with Crippen molar-refractivity contribution in [3.05, 3.63) is 33.8 Å². The van der Waals surface area contributed by atoms with Crippen molar-refractivity contribution in [1.82, 2.24) is 5.32 Å². The van der Waals surface area contributed by atoms with Crippen LogP contribution in [-0.2, 0) is 6.54 Å². The average molecular weight is 295 g/mol. The molecule has 0 aromatic heterocycles. The van der Waals surface area contributed by atoms with Gasteiger partial charge in [0.15, 0.2) is 0 Å². The standard InChI is InChI=1S/C13H18Cl3N/c1-2-10(6-7-14)8-17-9-11-4-3-5-12(15)13(11)16/h3-5,10,17H,2,6-9H2,1H3. The fraction of sp³-hybridized carbons (Fsp3) is 0.538. The fourth-order valence-electron chi connectivity index (χ4n) is 1.70. The second kappa shape index (κ2) is 8.20. The first-order valence-corrected chi connectivity index (χ1v) is 7.17. The molecule has 96 valence electrons. The molecule has 0 bridgehead atoms. The Morgan fingerprint density at radius 2 is 2.06 bits per heavy atom. The predicted octanol–water partition coefficient (Wildman–Crippen LogP) is 4.74. The molecule has 1 atom stereocenters. The van der Waals surface area contributed by atoms with Crippen LogP contribution in [0.15, 0.2) is 18.2 Å². The minimum atomic E-state index is 0.610. The summed E-state index contributed by atoms with van der Waals surface area (Å²) >= 11 is 17.8. The van der Waals surface area contributed by atoms with Crippen LogP contribution < -0.4 is 5.32 Å². The SMILES string of the molecule is CCC(CCCl)CNCc1cccc(Cl)c1Cl. The normalized spacial score (nSPS) is 12.7. The summed E-state index contributed by atoms with van der Waals surface area (Å²) in [5.41, 5.74) is 1.04. The van der Waals surface area contributed by atoms with Gasteiger partial charge in [-0.2, -0.15) is 0 Å². The van der Waals surface area contributed by atoms with Crippen molar-refractivity contribution in [3.63, 3.8) is 0 Å². The van der Waals surface area contributed by atoms with E-state index in [1.54, 1.807) is 6.07 Å². The van der Waals surface area contributed by atoms with Gasteiger partial charge in [-0.3, -0.25) is 0 Å². The molecule has 0 aliphatic heterocycles. The third-order valence-electron chi connectivity index (χ3n) is 2.87. The van der Waals surface area contributed by atoms with Crippen molar-refractivity contribution < 1.29 is 0 Å². The van der Waals surface area contributed by atoms with Gasteiger partial charge in [-0.15, -0.1) is 11.6 Å². The number of halogens is 3. The van der Waals surface area contributed by atoms with E-state index in [1.165, 1.54) is 0 Å². The zero-order valence-electron chi connectivity index (χ0n) is 9.98. The van der Waals surface area contributed by atoms with E-state index in [0.29, 0.717) is 16.0 Å². The molecule has 0 spiro atoms. The van der Waals surface area contributed by atoms with Crippen molar-refractivity contribution in [3.8, 4) is 0 Å². The predicted molar refractivity (Wildman–Crippen MR) is 77.3 cm³/mol. The van der Waals surface area contributed by atoms with Gasteiger partial charge in [0.05, 0.1) is 10.0 Å². The highest BCUT2D eigenvalue weighted by Gasteiger charge is 2.07. The summed E-state index contributed by atoms with van der Waals surface area (Å²) in [5.74, 6) is 1.35. The summed E-state index contributed by atoms with van der Waals surface area (Å²) < 4.78 is 0. The molecular weight excluding hydrogens is 277 g/mol. The maximum atomic E-state index is 6.11. The molecule has 0 amide bonds. The first-order valence-electron chi connectivity index (χ1n) is 5.88. The lowest BCUT2D eigenvalue weighted by molar-refractivity contribution is 0.451. The Labute approximate surface area is 118 Å². The van der Waals surface area contributed by atoms with Gasteiger partial charge in [0.1, 0.15) is 0 Å². The largest absolute Gasteiger partial charge is 0.312 e. The monoisotopic (exact) mass is 293 g/mol. The van der Waals surface area contributed by atoms with Crippen LogP contribution in [0.25, 0.3) is 0 Å². The van der Waals surface area contributed by atoms with Gasteiger partial charge in [0.2, 0.25) is 0 Å². The van der Waals surface area contributed by atoms with E-state index in [4.69, 9.17) is 34.8 Å². The van der Waals surface area contributed by atoms with Crippen molar-refractivity contribution in [2.45, 2.75) is 26.3 Å². The maximum absolute atomic E-state index is 6.11. The first kappa shape index (κ1) is 15.1. The molecule has 1 nitrogen and oxygen atoms in total. The second-order valence-corrected chi connectivity index (χ2v) is 5.26. The van der Waals surface area contributed by atoms with Crippen LogP contribution in [0.1, 0.15) is 25.3 Å². The van der Waals surface area contributed by atoms with Crippen LogP contribution in [0.5, 0.6) is 0 Å². The minimum absolute atomic E-state index is 0.610. The Hall–Kier alpha value is 0.0500. The van der Waals surface area contributed by atoms with Gasteiger partial charge in [-0.25, -0.2) is 0 Å². The van der Waals surface area contributed by atoms with Gasteiger partial charge >= 0.3 is 0 Å². The van der Waals surface area contributed by atoms with E-state index >= 15 is 0 Å². The molecule has 1 rings (SSSR count). The van der Waals surface area contributed by atoms with E-state index in [2.05, 4.69) is 12.2 Å². The molecule has 0 aliphatic carbocycles. The zero-order valence-corrected chi connectivity index (χ0v) is 12.2. The Morgan fingerprint density at radius 1 is 1.29 bits per heavy atom. The molecule has 1 aromatic rings. The van der Waals surface area contributed by atoms with Crippen LogP contribution in [0.4, 0.5) is 0 Å². The Kier molecular flexibility index (Phi) is 7.29. The number of alkyl halides is 1. The quantitative estimate of drug-likeness (QED) is 0.716. The van der Waals surface area contributed by atoms with Crippen LogP contribution >= 0.6 is 34.8 Å². The molecule has 0 saturated heterocycles. The number of rotatable bonds is 7.